The van der Waals surface area contributed by atoms with E-state index in [9.17, 15) is 0 Å². The Morgan fingerprint density at radius 1 is 0.385 bits per heavy atom. The van der Waals surface area contributed by atoms with Crippen molar-refractivity contribution in [3.05, 3.63) is 151 Å². The number of hydrogen-bond acceptors (Lipinski definition) is 1. The Labute approximate surface area is 232 Å². The Bertz CT molecular complexity index is 2110. The van der Waals surface area contributed by atoms with Gasteiger partial charge >= 0.3 is 0 Å². The van der Waals surface area contributed by atoms with Crippen molar-refractivity contribution < 1.29 is 0 Å². The molecule has 8 rings (SSSR count). The van der Waals surface area contributed by atoms with Crippen LogP contribution in [-0.4, -0.2) is 0 Å². The smallest absolute Gasteiger partial charge is 0.0201 e. The molecule has 0 bridgehead atoms. The van der Waals surface area contributed by atoms with Crippen molar-refractivity contribution in [2.45, 2.75) is 9.79 Å². The Kier molecular flexibility index (Phi) is 5.01. The molecule has 0 aromatic heterocycles. The van der Waals surface area contributed by atoms with E-state index in [0.717, 1.165) is 5.57 Å². The molecule has 7 aromatic carbocycles. The SMILES string of the molecule is C=C1c2ccccc2Sc2ccc(-c3cccc(-c4cc5c6ccccc6ccc5c5ccccc45)c3)cc21. The molecule has 0 nitrogen and oxygen atoms in total. The van der Waals surface area contributed by atoms with Gasteiger partial charge in [0.2, 0.25) is 0 Å². The van der Waals surface area contributed by atoms with Crippen LogP contribution in [0.5, 0.6) is 0 Å². The molecule has 1 heteroatoms. The third-order valence-electron chi connectivity index (χ3n) is 8.01. The molecule has 0 unspecified atom stereocenters. The molecule has 1 aliphatic rings. The second-order valence-corrected chi connectivity index (χ2v) is 11.3. The lowest BCUT2D eigenvalue weighted by Gasteiger charge is -2.22. The van der Waals surface area contributed by atoms with Gasteiger partial charge in [-0.1, -0.05) is 121 Å². The lowest BCUT2D eigenvalue weighted by Crippen LogP contribution is -1.98. The maximum atomic E-state index is 4.47. The highest BCUT2D eigenvalue weighted by atomic mass is 32.2. The molecule has 182 valence electrons. The first-order chi connectivity index (χ1) is 19.2. The zero-order valence-electron chi connectivity index (χ0n) is 21.3. The first-order valence-corrected chi connectivity index (χ1v) is 14.1. The Morgan fingerprint density at radius 2 is 1.08 bits per heavy atom. The highest BCUT2D eigenvalue weighted by Crippen LogP contribution is 2.46. The zero-order valence-corrected chi connectivity index (χ0v) is 22.1. The molecular formula is C38H24S. The van der Waals surface area contributed by atoms with Gasteiger partial charge in [-0.25, -0.2) is 0 Å². The fraction of sp³-hybridized carbons (Fsp3) is 0. The summed E-state index contributed by atoms with van der Waals surface area (Å²) < 4.78 is 0. The number of hydrogen-bond donors (Lipinski definition) is 0. The maximum absolute atomic E-state index is 4.47. The van der Waals surface area contributed by atoms with Crippen LogP contribution in [-0.2, 0) is 0 Å². The van der Waals surface area contributed by atoms with E-state index in [1.807, 2.05) is 11.8 Å². The molecule has 1 aliphatic heterocycles. The summed E-state index contributed by atoms with van der Waals surface area (Å²) in [4.78, 5) is 2.55. The summed E-state index contributed by atoms with van der Waals surface area (Å²) in [6.45, 7) is 4.47. The van der Waals surface area contributed by atoms with E-state index < -0.39 is 0 Å². The molecule has 0 radical (unpaired) electrons. The summed E-state index contributed by atoms with van der Waals surface area (Å²) >= 11 is 1.83. The van der Waals surface area contributed by atoms with Gasteiger partial charge in [-0.05, 0) is 102 Å². The number of rotatable bonds is 2. The van der Waals surface area contributed by atoms with Crippen molar-refractivity contribution >= 4 is 49.7 Å². The molecular weight excluding hydrogens is 488 g/mol. The van der Waals surface area contributed by atoms with Gasteiger partial charge in [0, 0.05) is 9.79 Å². The van der Waals surface area contributed by atoms with E-state index in [2.05, 4.69) is 140 Å². The molecule has 0 saturated carbocycles. The van der Waals surface area contributed by atoms with Crippen molar-refractivity contribution in [1.82, 2.24) is 0 Å². The quantitative estimate of drug-likeness (QED) is 0.208. The normalized spacial score (nSPS) is 12.6. The van der Waals surface area contributed by atoms with E-state index in [1.54, 1.807) is 0 Å². The van der Waals surface area contributed by atoms with Crippen LogP contribution >= 0.6 is 11.8 Å². The Morgan fingerprint density at radius 3 is 2.00 bits per heavy atom. The molecule has 0 N–H and O–H groups in total. The summed E-state index contributed by atoms with van der Waals surface area (Å²) in [5.41, 5.74) is 8.49. The van der Waals surface area contributed by atoms with Crippen LogP contribution in [0.2, 0.25) is 0 Å². The van der Waals surface area contributed by atoms with Crippen LogP contribution in [0.15, 0.2) is 150 Å². The van der Waals surface area contributed by atoms with Gasteiger partial charge < -0.3 is 0 Å². The number of benzene rings is 7. The molecule has 0 spiro atoms. The Hall–Kier alpha value is -4.59. The monoisotopic (exact) mass is 512 g/mol. The molecule has 0 atom stereocenters. The van der Waals surface area contributed by atoms with Crippen molar-refractivity contribution in [3.8, 4) is 22.3 Å². The molecule has 0 saturated heterocycles. The van der Waals surface area contributed by atoms with Crippen molar-refractivity contribution in [1.29, 1.82) is 0 Å². The molecule has 39 heavy (non-hydrogen) atoms. The lowest BCUT2D eigenvalue weighted by atomic mass is 9.89. The minimum absolute atomic E-state index is 1.10. The topological polar surface area (TPSA) is 0 Å². The minimum Gasteiger partial charge on any atom is -0.0905 e. The van der Waals surface area contributed by atoms with Gasteiger partial charge in [0.15, 0.2) is 0 Å². The molecule has 0 amide bonds. The van der Waals surface area contributed by atoms with Crippen LogP contribution in [0.4, 0.5) is 0 Å². The van der Waals surface area contributed by atoms with Gasteiger partial charge in [0.1, 0.15) is 0 Å². The highest BCUT2D eigenvalue weighted by Gasteiger charge is 2.20. The van der Waals surface area contributed by atoms with E-state index in [4.69, 9.17) is 0 Å². The molecule has 1 heterocycles. The van der Waals surface area contributed by atoms with Crippen molar-refractivity contribution in [2.75, 3.05) is 0 Å². The van der Waals surface area contributed by atoms with Gasteiger partial charge in [-0.2, -0.15) is 0 Å². The fourth-order valence-electron chi connectivity index (χ4n) is 6.07. The summed E-state index contributed by atoms with van der Waals surface area (Å²) in [5, 5.41) is 7.74. The van der Waals surface area contributed by atoms with E-state index >= 15 is 0 Å². The van der Waals surface area contributed by atoms with Gasteiger partial charge in [0.25, 0.3) is 0 Å². The van der Waals surface area contributed by atoms with Crippen LogP contribution in [0.3, 0.4) is 0 Å². The van der Waals surface area contributed by atoms with E-state index in [1.165, 1.54) is 75.5 Å². The average Bonchev–Trinajstić information content (AvgIpc) is 3.00. The van der Waals surface area contributed by atoms with E-state index in [-0.39, 0.29) is 0 Å². The minimum atomic E-state index is 1.10. The van der Waals surface area contributed by atoms with Crippen molar-refractivity contribution in [2.24, 2.45) is 0 Å². The second-order valence-electron chi connectivity index (χ2n) is 10.2. The largest absolute Gasteiger partial charge is 0.0905 e. The first kappa shape index (κ1) is 22.4. The fourth-order valence-corrected chi connectivity index (χ4v) is 7.18. The summed E-state index contributed by atoms with van der Waals surface area (Å²) in [7, 11) is 0. The van der Waals surface area contributed by atoms with E-state index in [0.29, 0.717) is 0 Å². The Balaban J connectivity index is 1.30. The molecule has 7 aromatic rings. The summed E-state index contributed by atoms with van der Waals surface area (Å²) in [5.74, 6) is 0. The second kappa shape index (κ2) is 8.73. The van der Waals surface area contributed by atoms with Crippen LogP contribution < -0.4 is 0 Å². The molecule has 0 fully saturated rings. The first-order valence-electron chi connectivity index (χ1n) is 13.3. The highest BCUT2D eigenvalue weighted by molar-refractivity contribution is 7.99. The number of fused-ring (bicyclic) bond motifs is 7. The summed E-state index contributed by atoms with van der Waals surface area (Å²) in [6.07, 6.45) is 0. The molecule has 0 aliphatic carbocycles. The lowest BCUT2D eigenvalue weighted by molar-refractivity contribution is 1.29. The van der Waals surface area contributed by atoms with Crippen molar-refractivity contribution in [3.63, 3.8) is 0 Å². The predicted octanol–water partition coefficient (Wildman–Crippen LogP) is 11.0. The summed E-state index contributed by atoms with van der Waals surface area (Å²) in [6, 6.07) is 48.7. The maximum Gasteiger partial charge on any atom is 0.0201 e. The standard InChI is InChI=1S/C38H24S/c1-24-29-12-6-7-16-37(29)39-38-20-18-27(22-34(24)38)26-10-8-11-28(21-26)35-23-36-30-13-3-2-9-25(30)17-19-33(36)31-14-4-5-15-32(31)35/h2-23H,1H2. The van der Waals surface area contributed by atoms with Crippen LogP contribution in [0, 0.1) is 0 Å². The van der Waals surface area contributed by atoms with Crippen LogP contribution in [0.1, 0.15) is 11.1 Å². The third-order valence-corrected chi connectivity index (χ3v) is 9.16. The predicted molar refractivity (Wildman–Crippen MR) is 169 cm³/mol. The average molecular weight is 513 g/mol. The van der Waals surface area contributed by atoms with Crippen LogP contribution in [0.25, 0.3) is 60.1 Å². The van der Waals surface area contributed by atoms with Gasteiger partial charge in [-0.15, -0.1) is 0 Å². The third kappa shape index (κ3) is 3.55. The van der Waals surface area contributed by atoms with Gasteiger partial charge in [0.05, 0.1) is 0 Å². The van der Waals surface area contributed by atoms with Gasteiger partial charge in [-0.3, -0.25) is 0 Å². The zero-order chi connectivity index (χ0) is 25.9.